The van der Waals surface area contributed by atoms with Crippen molar-refractivity contribution in [3.05, 3.63) is 40.4 Å². The van der Waals surface area contributed by atoms with Crippen LogP contribution in [0.3, 0.4) is 0 Å². The molecule has 1 aromatic rings. The zero-order valence-electron chi connectivity index (χ0n) is 7.12. The molecular weight excluding hydrogens is 232 g/mol. The second kappa shape index (κ2) is 4.23. The zero-order chi connectivity index (χ0) is 9.84. The van der Waals surface area contributed by atoms with E-state index in [1.807, 2.05) is 24.3 Å². The molecule has 0 saturated carbocycles. The lowest BCUT2D eigenvalue weighted by Gasteiger charge is -2.00. The van der Waals surface area contributed by atoms with Crippen molar-refractivity contribution in [3.8, 4) is 0 Å². The number of rotatable bonds is 2. The van der Waals surface area contributed by atoms with Crippen molar-refractivity contribution in [1.29, 1.82) is 0 Å². The molecule has 0 aliphatic rings. The van der Waals surface area contributed by atoms with Crippen molar-refractivity contribution in [3.63, 3.8) is 0 Å². The SMILES string of the molecule is CC(=CC(=O)O)c1cccc(Br)c1. The first-order valence-electron chi connectivity index (χ1n) is 3.77. The Morgan fingerprint density at radius 3 is 2.77 bits per heavy atom. The number of aliphatic carboxylic acids is 1. The van der Waals surface area contributed by atoms with Crippen LogP contribution in [-0.4, -0.2) is 11.1 Å². The molecule has 3 heteroatoms. The Hall–Kier alpha value is -1.09. The summed E-state index contributed by atoms with van der Waals surface area (Å²) in [5.41, 5.74) is 1.66. The molecule has 0 heterocycles. The molecule has 0 bridgehead atoms. The minimum absolute atomic E-state index is 0.744. The molecule has 0 atom stereocenters. The lowest BCUT2D eigenvalue weighted by molar-refractivity contribution is -0.131. The van der Waals surface area contributed by atoms with Crippen LogP contribution in [0, 0.1) is 0 Å². The highest BCUT2D eigenvalue weighted by atomic mass is 79.9. The summed E-state index contributed by atoms with van der Waals surface area (Å²) in [7, 11) is 0. The molecule has 2 nitrogen and oxygen atoms in total. The monoisotopic (exact) mass is 240 g/mol. The third-order valence-corrected chi connectivity index (χ3v) is 2.11. The van der Waals surface area contributed by atoms with Crippen molar-refractivity contribution in [1.82, 2.24) is 0 Å². The van der Waals surface area contributed by atoms with Gasteiger partial charge in [0.15, 0.2) is 0 Å². The maximum atomic E-state index is 10.4. The van der Waals surface area contributed by atoms with Gasteiger partial charge in [-0.2, -0.15) is 0 Å². The van der Waals surface area contributed by atoms with E-state index in [4.69, 9.17) is 5.11 Å². The van der Waals surface area contributed by atoms with Gasteiger partial charge in [-0.15, -0.1) is 0 Å². The van der Waals surface area contributed by atoms with Gasteiger partial charge in [0.25, 0.3) is 0 Å². The maximum Gasteiger partial charge on any atom is 0.328 e. The fourth-order valence-corrected chi connectivity index (χ4v) is 1.40. The van der Waals surface area contributed by atoms with Gasteiger partial charge < -0.3 is 5.11 Å². The quantitative estimate of drug-likeness (QED) is 0.808. The fourth-order valence-electron chi connectivity index (χ4n) is 1.00. The van der Waals surface area contributed by atoms with E-state index in [1.165, 1.54) is 6.08 Å². The van der Waals surface area contributed by atoms with E-state index in [-0.39, 0.29) is 0 Å². The van der Waals surface area contributed by atoms with Gasteiger partial charge in [-0.05, 0) is 30.2 Å². The Kier molecular flexibility index (Phi) is 3.25. The highest BCUT2D eigenvalue weighted by Gasteiger charge is 1.98. The molecular formula is C10H9BrO2. The second-order valence-corrected chi connectivity index (χ2v) is 3.59. The first kappa shape index (κ1) is 9.99. The number of hydrogen-bond acceptors (Lipinski definition) is 1. The number of hydrogen-bond donors (Lipinski definition) is 1. The van der Waals surface area contributed by atoms with Crippen LogP contribution in [0.4, 0.5) is 0 Å². The molecule has 13 heavy (non-hydrogen) atoms. The molecule has 0 aliphatic heterocycles. The van der Waals surface area contributed by atoms with E-state index in [1.54, 1.807) is 6.92 Å². The number of carboxylic acids is 1. The standard InChI is InChI=1S/C10H9BrO2/c1-7(5-10(12)13)8-3-2-4-9(11)6-8/h2-6H,1H3,(H,12,13). The van der Waals surface area contributed by atoms with Crippen LogP contribution in [0.1, 0.15) is 12.5 Å². The Morgan fingerprint density at radius 2 is 2.23 bits per heavy atom. The molecule has 0 fully saturated rings. The largest absolute Gasteiger partial charge is 0.478 e. The summed E-state index contributed by atoms with van der Waals surface area (Å²) in [6.45, 7) is 1.77. The van der Waals surface area contributed by atoms with Gasteiger partial charge in [-0.1, -0.05) is 28.1 Å². The normalized spacial score (nSPS) is 11.4. The number of benzene rings is 1. The molecule has 1 rings (SSSR count). The lowest BCUT2D eigenvalue weighted by Crippen LogP contribution is -1.89. The van der Waals surface area contributed by atoms with Gasteiger partial charge in [-0.3, -0.25) is 0 Å². The molecule has 68 valence electrons. The Balaban J connectivity index is 3.02. The molecule has 0 aromatic heterocycles. The lowest BCUT2D eigenvalue weighted by atomic mass is 10.1. The molecule has 1 aromatic carbocycles. The van der Waals surface area contributed by atoms with Crippen LogP contribution in [0.5, 0.6) is 0 Å². The summed E-state index contributed by atoms with van der Waals surface area (Å²) in [5, 5.41) is 8.53. The minimum Gasteiger partial charge on any atom is -0.478 e. The van der Waals surface area contributed by atoms with Crippen molar-refractivity contribution >= 4 is 27.5 Å². The molecule has 0 saturated heterocycles. The minimum atomic E-state index is -0.919. The van der Waals surface area contributed by atoms with E-state index >= 15 is 0 Å². The van der Waals surface area contributed by atoms with E-state index in [0.29, 0.717) is 0 Å². The molecule has 0 radical (unpaired) electrons. The molecule has 0 unspecified atom stereocenters. The average Bonchev–Trinajstić information content (AvgIpc) is 2.03. The summed E-state index contributed by atoms with van der Waals surface area (Å²) in [6.07, 6.45) is 1.20. The van der Waals surface area contributed by atoms with E-state index in [9.17, 15) is 4.79 Å². The number of carbonyl (C=O) groups is 1. The second-order valence-electron chi connectivity index (χ2n) is 2.68. The predicted octanol–water partition coefficient (Wildman–Crippen LogP) is 2.94. The van der Waals surface area contributed by atoms with Crippen LogP contribution in [-0.2, 0) is 4.79 Å². The number of carboxylic acid groups (broad SMARTS) is 1. The summed E-state index contributed by atoms with van der Waals surface area (Å²) >= 11 is 3.32. The van der Waals surface area contributed by atoms with E-state index in [2.05, 4.69) is 15.9 Å². The molecule has 0 amide bonds. The van der Waals surface area contributed by atoms with Crippen LogP contribution in [0.15, 0.2) is 34.8 Å². The van der Waals surface area contributed by atoms with Gasteiger partial charge in [0.1, 0.15) is 0 Å². The number of allylic oxidation sites excluding steroid dienone is 1. The van der Waals surface area contributed by atoms with Crippen molar-refractivity contribution in [2.24, 2.45) is 0 Å². The third kappa shape index (κ3) is 3.03. The Bertz CT molecular complexity index is 356. The molecule has 0 spiro atoms. The molecule has 1 N–H and O–H groups in total. The molecule has 0 aliphatic carbocycles. The predicted molar refractivity (Wildman–Crippen MR) is 55.4 cm³/mol. The van der Waals surface area contributed by atoms with Gasteiger partial charge in [0.05, 0.1) is 0 Å². The summed E-state index contributed by atoms with van der Waals surface area (Å²) < 4.78 is 0.947. The van der Waals surface area contributed by atoms with Gasteiger partial charge in [-0.25, -0.2) is 4.79 Å². The Morgan fingerprint density at radius 1 is 1.54 bits per heavy atom. The smallest absolute Gasteiger partial charge is 0.328 e. The highest BCUT2D eigenvalue weighted by molar-refractivity contribution is 9.10. The summed E-state index contributed by atoms with van der Waals surface area (Å²) in [5.74, 6) is -0.919. The van der Waals surface area contributed by atoms with E-state index in [0.717, 1.165) is 15.6 Å². The summed E-state index contributed by atoms with van der Waals surface area (Å²) in [4.78, 5) is 10.4. The number of halogens is 1. The van der Waals surface area contributed by atoms with Crippen LogP contribution in [0.2, 0.25) is 0 Å². The average molecular weight is 241 g/mol. The topological polar surface area (TPSA) is 37.3 Å². The highest BCUT2D eigenvalue weighted by Crippen LogP contribution is 2.18. The van der Waals surface area contributed by atoms with Crippen molar-refractivity contribution in [2.45, 2.75) is 6.92 Å². The fraction of sp³-hybridized carbons (Fsp3) is 0.100. The first-order valence-corrected chi connectivity index (χ1v) is 4.56. The van der Waals surface area contributed by atoms with Gasteiger partial charge >= 0.3 is 5.97 Å². The zero-order valence-corrected chi connectivity index (χ0v) is 8.71. The first-order chi connectivity index (χ1) is 6.09. The van der Waals surface area contributed by atoms with Gasteiger partial charge in [0, 0.05) is 10.5 Å². The van der Waals surface area contributed by atoms with Gasteiger partial charge in [0.2, 0.25) is 0 Å². The maximum absolute atomic E-state index is 10.4. The Labute approximate surface area is 85.0 Å². The van der Waals surface area contributed by atoms with E-state index < -0.39 is 5.97 Å². The van der Waals surface area contributed by atoms with Crippen molar-refractivity contribution < 1.29 is 9.90 Å². The van der Waals surface area contributed by atoms with Crippen LogP contribution < -0.4 is 0 Å². The summed E-state index contributed by atoms with van der Waals surface area (Å²) in [6, 6.07) is 7.53. The van der Waals surface area contributed by atoms with Crippen LogP contribution >= 0.6 is 15.9 Å². The van der Waals surface area contributed by atoms with Crippen LogP contribution in [0.25, 0.3) is 5.57 Å². The van der Waals surface area contributed by atoms with Crippen molar-refractivity contribution in [2.75, 3.05) is 0 Å². The third-order valence-electron chi connectivity index (χ3n) is 1.62.